The van der Waals surface area contributed by atoms with Crippen molar-refractivity contribution in [2.24, 2.45) is 5.16 Å². The van der Waals surface area contributed by atoms with Crippen molar-refractivity contribution in [2.45, 2.75) is 18.2 Å². The minimum atomic E-state index is -4.87. The molecule has 0 saturated heterocycles. The minimum absolute atomic E-state index is 0.00256. The molecule has 1 aromatic carbocycles. The van der Waals surface area contributed by atoms with E-state index in [0.29, 0.717) is 0 Å². The van der Waals surface area contributed by atoms with Crippen molar-refractivity contribution in [1.82, 2.24) is 4.98 Å². The van der Waals surface area contributed by atoms with Gasteiger partial charge in [-0.1, -0.05) is 28.4 Å². The smallest absolute Gasteiger partial charge is 0.435 e. The van der Waals surface area contributed by atoms with Crippen molar-refractivity contribution in [3.63, 3.8) is 0 Å². The number of halogens is 5. The van der Waals surface area contributed by atoms with E-state index in [1.807, 2.05) is 0 Å². The highest BCUT2D eigenvalue weighted by molar-refractivity contribution is 6.34. The van der Waals surface area contributed by atoms with Crippen LogP contribution in [0.5, 0.6) is 0 Å². The number of pyridine rings is 1. The molecule has 2 aromatic rings. The molecule has 1 aliphatic heterocycles. The molecule has 0 saturated carbocycles. The van der Waals surface area contributed by atoms with Crippen molar-refractivity contribution in [2.75, 3.05) is 0 Å². The Bertz CT molecular complexity index is 898. The number of aromatic nitrogens is 1. The summed E-state index contributed by atoms with van der Waals surface area (Å²) in [7, 11) is 0. The van der Waals surface area contributed by atoms with Crippen molar-refractivity contribution in [1.29, 1.82) is 0 Å². The van der Waals surface area contributed by atoms with Crippen molar-refractivity contribution >= 4 is 34.9 Å². The number of hydrogen-bond acceptors (Lipinski definition) is 4. The van der Waals surface area contributed by atoms with E-state index in [0.717, 1.165) is 12.1 Å². The van der Waals surface area contributed by atoms with Gasteiger partial charge in [-0.25, -0.2) is 4.79 Å². The maximum atomic E-state index is 13.9. The Balaban J connectivity index is 2.09. The normalized spacial score (nSPS) is 19.8. The van der Waals surface area contributed by atoms with Crippen LogP contribution in [0.4, 0.5) is 13.2 Å². The molecule has 2 heterocycles. The first-order chi connectivity index (χ1) is 12.1. The Morgan fingerprint density at radius 3 is 2.46 bits per heavy atom. The van der Waals surface area contributed by atoms with E-state index in [2.05, 4.69) is 10.1 Å². The zero-order chi connectivity index (χ0) is 19.1. The molecule has 0 amide bonds. The molecule has 0 fully saturated rings. The van der Waals surface area contributed by atoms with E-state index in [1.165, 1.54) is 24.4 Å². The summed E-state index contributed by atoms with van der Waals surface area (Å²) < 4.78 is 41.7. The number of carboxylic acids is 1. The zero-order valence-corrected chi connectivity index (χ0v) is 14.2. The van der Waals surface area contributed by atoms with Gasteiger partial charge < -0.3 is 9.94 Å². The number of alkyl halides is 3. The standard InChI is InChI=1S/C16H9Cl2F3N2O3/c17-9-4-8(5-10(18)6-9)15(16(19,20)21)7-12(23-26-15)13-11(14(24)25)2-1-3-22-13/h1-6H,7H2,(H,24,25). The van der Waals surface area contributed by atoms with Crippen LogP contribution in [0.1, 0.15) is 28.0 Å². The Morgan fingerprint density at radius 2 is 1.88 bits per heavy atom. The maximum absolute atomic E-state index is 13.9. The lowest BCUT2D eigenvalue weighted by Crippen LogP contribution is -2.42. The average molecular weight is 405 g/mol. The number of rotatable bonds is 3. The Hall–Kier alpha value is -2.32. The van der Waals surface area contributed by atoms with Gasteiger partial charge in [0, 0.05) is 21.8 Å². The van der Waals surface area contributed by atoms with Gasteiger partial charge in [0.2, 0.25) is 0 Å². The highest BCUT2D eigenvalue weighted by atomic mass is 35.5. The molecular formula is C16H9Cl2F3N2O3. The van der Waals surface area contributed by atoms with Crippen molar-refractivity contribution < 1.29 is 27.9 Å². The third-order valence-corrected chi connectivity index (χ3v) is 4.26. The molecule has 1 unspecified atom stereocenters. The van der Waals surface area contributed by atoms with Crippen LogP contribution in [-0.4, -0.2) is 27.9 Å². The molecule has 1 aliphatic rings. The SMILES string of the molecule is O=C(O)c1cccnc1C1=NOC(c2cc(Cl)cc(Cl)c2)(C(F)(F)F)C1. The zero-order valence-electron chi connectivity index (χ0n) is 12.7. The summed E-state index contributed by atoms with van der Waals surface area (Å²) in [6, 6.07) is 6.02. The van der Waals surface area contributed by atoms with Crippen LogP contribution in [0.3, 0.4) is 0 Å². The van der Waals surface area contributed by atoms with Crippen LogP contribution < -0.4 is 0 Å². The predicted molar refractivity (Wildman–Crippen MR) is 87.6 cm³/mol. The third-order valence-electron chi connectivity index (χ3n) is 3.83. The fraction of sp³-hybridized carbons (Fsp3) is 0.188. The lowest BCUT2D eigenvalue weighted by molar-refractivity contribution is -0.275. The summed E-state index contributed by atoms with van der Waals surface area (Å²) in [5.74, 6) is -1.34. The lowest BCUT2D eigenvalue weighted by atomic mass is 9.87. The van der Waals surface area contributed by atoms with Crippen LogP contribution in [0.25, 0.3) is 0 Å². The van der Waals surface area contributed by atoms with Gasteiger partial charge in [-0.3, -0.25) is 4.98 Å². The molecule has 26 heavy (non-hydrogen) atoms. The maximum Gasteiger partial charge on any atom is 0.435 e. The largest absolute Gasteiger partial charge is 0.478 e. The molecule has 5 nitrogen and oxygen atoms in total. The first kappa shape index (κ1) is 18.5. The van der Waals surface area contributed by atoms with Gasteiger partial charge in [-0.15, -0.1) is 0 Å². The van der Waals surface area contributed by atoms with Gasteiger partial charge in [-0.2, -0.15) is 13.2 Å². The van der Waals surface area contributed by atoms with Gasteiger partial charge in [-0.05, 0) is 30.3 Å². The molecular weight excluding hydrogens is 396 g/mol. The average Bonchev–Trinajstić information content (AvgIpc) is 3.00. The van der Waals surface area contributed by atoms with Crippen LogP contribution in [0.15, 0.2) is 41.7 Å². The Kier molecular flexibility index (Phi) is 4.58. The van der Waals surface area contributed by atoms with E-state index in [-0.39, 0.29) is 32.6 Å². The van der Waals surface area contributed by atoms with Crippen LogP contribution in [0.2, 0.25) is 10.0 Å². The first-order valence-corrected chi connectivity index (χ1v) is 7.87. The molecule has 0 radical (unpaired) electrons. The molecule has 0 bridgehead atoms. The number of nitrogens with zero attached hydrogens (tertiary/aromatic N) is 2. The third kappa shape index (κ3) is 3.10. The van der Waals surface area contributed by atoms with E-state index in [4.69, 9.17) is 28.0 Å². The molecule has 1 N–H and O–H groups in total. The molecule has 0 aliphatic carbocycles. The van der Waals surface area contributed by atoms with Crippen LogP contribution in [-0.2, 0) is 10.4 Å². The van der Waals surface area contributed by atoms with Gasteiger partial charge in [0.15, 0.2) is 0 Å². The van der Waals surface area contributed by atoms with Gasteiger partial charge in [0.1, 0.15) is 11.4 Å². The highest BCUT2D eigenvalue weighted by Gasteiger charge is 2.62. The van der Waals surface area contributed by atoms with Crippen molar-refractivity contribution in [3.05, 3.63) is 63.4 Å². The molecule has 3 rings (SSSR count). The van der Waals surface area contributed by atoms with Crippen LogP contribution in [0, 0.1) is 0 Å². The number of benzene rings is 1. The first-order valence-electron chi connectivity index (χ1n) is 7.11. The summed E-state index contributed by atoms with van der Waals surface area (Å²) >= 11 is 11.7. The fourth-order valence-corrected chi connectivity index (χ4v) is 3.15. The van der Waals surface area contributed by atoms with Gasteiger partial charge in [0.05, 0.1) is 12.0 Å². The number of aromatic carboxylic acids is 1. The molecule has 1 aromatic heterocycles. The number of hydrogen-bond donors (Lipinski definition) is 1. The second-order valence-electron chi connectivity index (χ2n) is 5.49. The second-order valence-corrected chi connectivity index (χ2v) is 6.37. The number of oxime groups is 1. The topological polar surface area (TPSA) is 71.8 Å². The quantitative estimate of drug-likeness (QED) is 0.806. The van der Waals surface area contributed by atoms with Gasteiger partial charge in [0.25, 0.3) is 5.60 Å². The fourth-order valence-electron chi connectivity index (χ4n) is 2.63. The Labute approximate surface area is 155 Å². The summed E-state index contributed by atoms with van der Waals surface area (Å²) in [6.45, 7) is 0. The van der Waals surface area contributed by atoms with E-state index < -0.39 is 24.2 Å². The van der Waals surface area contributed by atoms with E-state index in [1.54, 1.807) is 0 Å². The molecule has 10 heteroatoms. The van der Waals surface area contributed by atoms with Crippen molar-refractivity contribution in [3.8, 4) is 0 Å². The number of carbonyl (C=O) groups is 1. The summed E-state index contributed by atoms with van der Waals surface area (Å²) in [4.78, 5) is 20.0. The minimum Gasteiger partial charge on any atom is -0.478 e. The molecule has 136 valence electrons. The summed E-state index contributed by atoms with van der Waals surface area (Å²) in [5.41, 5.74) is -3.90. The van der Waals surface area contributed by atoms with E-state index >= 15 is 0 Å². The molecule has 1 atom stereocenters. The monoisotopic (exact) mass is 404 g/mol. The summed E-state index contributed by atoms with van der Waals surface area (Å²) in [6.07, 6.45) is -4.39. The lowest BCUT2D eigenvalue weighted by Gasteiger charge is -2.29. The molecule has 0 spiro atoms. The second kappa shape index (κ2) is 6.44. The Morgan fingerprint density at radius 1 is 1.23 bits per heavy atom. The van der Waals surface area contributed by atoms with Crippen LogP contribution >= 0.6 is 23.2 Å². The predicted octanol–water partition coefficient (Wildman–Crippen LogP) is 4.67. The highest BCUT2D eigenvalue weighted by Crippen LogP contribution is 2.49. The van der Waals surface area contributed by atoms with E-state index in [9.17, 15) is 23.1 Å². The summed E-state index contributed by atoms with van der Waals surface area (Å²) in [5, 5.41) is 12.7. The number of carboxylic acid groups (broad SMARTS) is 1. The van der Waals surface area contributed by atoms with Gasteiger partial charge >= 0.3 is 12.1 Å².